The Morgan fingerprint density at radius 1 is 1.28 bits per heavy atom. The first-order chi connectivity index (χ1) is 11.9. The number of nitrogens with zero attached hydrogens (tertiary/aromatic N) is 1. The van der Waals surface area contributed by atoms with Gasteiger partial charge in [0.2, 0.25) is 10.0 Å². The number of aryl methyl sites for hydroxylation is 2. The third kappa shape index (κ3) is 3.30. The predicted octanol–water partition coefficient (Wildman–Crippen LogP) is 1.80. The van der Waals surface area contributed by atoms with Gasteiger partial charge in [0.1, 0.15) is 0 Å². The summed E-state index contributed by atoms with van der Waals surface area (Å²) in [7, 11) is -3.49. The van der Waals surface area contributed by atoms with Crippen molar-refractivity contribution in [1.82, 2.24) is 9.88 Å². The Morgan fingerprint density at radius 3 is 2.88 bits per heavy atom. The van der Waals surface area contributed by atoms with Gasteiger partial charge in [0.25, 0.3) is 5.91 Å². The number of H-pyrrole nitrogens is 1. The number of aromatic amines is 1. The molecule has 1 fully saturated rings. The van der Waals surface area contributed by atoms with Crippen molar-refractivity contribution in [1.29, 1.82) is 0 Å². The van der Waals surface area contributed by atoms with Gasteiger partial charge in [0.05, 0.1) is 5.75 Å². The first kappa shape index (κ1) is 16.6. The summed E-state index contributed by atoms with van der Waals surface area (Å²) in [6.07, 6.45) is 5.23. The Kier molecular flexibility index (Phi) is 4.08. The summed E-state index contributed by atoms with van der Waals surface area (Å²) < 4.78 is 22.5. The molecule has 0 saturated carbocycles. The van der Waals surface area contributed by atoms with Gasteiger partial charge in [-0.15, -0.1) is 0 Å². The minimum Gasteiger partial charge on any atom is -0.358 e. The molecule has 0 unspecified atom stereocenters. The fraction of sp³-hybridized carbons (Fsp3) is 0.500. The SMILES string of the molecule is NS(=O)(=O)C[C@H]1CCN(C(=O)c2ccc3[nH]c4c(c3c2)CCCC4)C1. The molecule has 1 aliphatic heterocycles. The van der Waals surface area contributed by atoms with Crippen LogP contribution in [0.25, 0.3) is 10.9 Å². The molecule has 1 amide bonds. The van der Waals surface area contributed by atoms with Crippen LogP contribution in [0.15, 0.2) is 18.2 Å². The Hall–Kier alpha value is -1.86. The smallest absolute Gasteiger partial charge is 0.253 e. The van der Waals surface area contributed by atoms with Gasteiger partial charge < -0.3 is 9.88 Å². The third-order valence-electron chi connectivity index (χ3n) is 5.39. The highest BCUT2D eigenvalue weighted by molar-refractivity contribution is 7.89. The van der Waals surface area contributed by atoms with Crippen LogP contribution < -0.4 is 5.14 Å². The summed E-state index contributed by atoms with van der Waals surface area (Å²) in [6.45, 7) is 1.04. The van der Waals surface area contributed by atoms with Crippen LogP contribution in [0, 0.1) is 5.92 Å². The molecule has 1 aromatic heterocycles. The van der Waals surface area contributed by atoms with Crippen molar-refractivity contribution in [2.45, 2.75) is 32.1 Å². The average molecular weight is 361 g/mol. The van der Waals surface area contributed by atoms with Crippen LogP contribution in [0.1, 0.15) is 40.9 Å². The average Bonchev–Trinajstić information content (AvgIpc) is 3.16. The van der Waals surface area contributed by atoms with Crippen molar-refractivity contribution in [2.24, 2.45) is 11.1 Å². The van der Waals surface area contributed by atoms with E-state index in [2.05, 4.69) is 4.98 Å². The number of nitrogens with one attached hydrogen (secondary N) is 1. The molecular formula is C18H23N3O3S. The fourth-order valence-electron chi connectivity index (χ4n) is 4.20. The quantitative estimate of drug-likeness (QED) is 0.872. The number of fused-ring (bicyclic) bond motifs is 3. The molecule has 7 heteroatoms. The molecule has 2 aromatic rings. The van der Waals surface area contributed by atoms with Crippen molar-refractivity contribution < 1.29 is 13.2 Å². The molecule has 1 atom stereocenters. The fourth-order valence-corrected chi connectivity index (χ4v) is 5.13. The lowest BCUT2D eigenvalue weighted by Crippen LogP contribution is -2.30. The van der Waals surface area contributed by atoms with Gasteiger partial charge in [-0.25, -0.2) is 13.6 Å². The van der Waals surface area contributed by atoms with Gasteiger partial charge in [0.15, 0.2) is 0 Å². The van der Waals surface area contributed by atoms with E-state index in [0.717, 1.165) is 23.7 Å². The lowest BCUT2D eigenvalue weighted by molar-refractivity contribution is 0.0788. The number of hydrogen-bond acceptors (Lipinski definition) is 3. The molecule has 2 aliphatic rings. The molecule has 4 rings (SSSR count). The first-order valence-electron chi connectivity index (χ1n) is 8.84. The maximum atomic E-state index is 12.8. The van der Waals surface area contributed by atoms with Crippen LogP contribution in [0.3, 0.4) is 0 Å². The molecule has 6 nitrogen and oxygen atoms in total. The second-order valence-electron chi connectivity index (χ2n) is 7.28. The third-order valence-corrected chi connectivity index (χ3v) is 6.32. The molecule has 134 valence electrons. The zero-order valence-electron chi connectivity index (χ0n) is 14.1. The Balaban J connectivity index is 1.56. The van der Waals surface area contributed by atoms with Crippen molar-refractivity contribution in [3.05, 3.63) is 35.0 Å². The van der Waals surface area contributed by atoms with Crippen LogP contribution in [-0.2, 0) is 22.9 Å². The second kappa shape index (κ2) is 6.14. The largest absolute Gasteiger partial charge is 0.358 e. The maximum Gasteiger partial charge on any atom is 0.253 e. The van der Waals surface area contributed by atoms with Crippen LogP contribution in [0.2, 0.25) is 0 Å². The molecule has 0 radical (unpaired) electrons. The van der Waals surface area contributed by atoms with Crippen molar-refractivity contribution in [3.8, 4) is 0 Å². The zero-order valence-corrected chi connectivity index (χ0v) is 14.9. The summed E-state index contributed by atoms with van der Waals surface area (Å²) >= 11 is 0. The van der Waals surface area contributed by atoms with Crippen molar-refractivity contribution in [3.63, 3.8) is 0 Å². The summed E-state index contributed by atoms with van der Waals surface area (Å²) in [6, 6.07) is 5.84. The molecule has 3 N–H and O–H groups in total. The lowest BCUT2D eigenvalue weighted by Gasteiger charge is -2.17. The molecular weight excluding hydrogens is 338 g/mol. The maximum absolute atomic E-state index is 12.8. The van der Waals surface area contributed by atoms with Crippen LogP contribution in [-0.4, -0.2) is 43.1 Å². The highest BCUT2D eigenvalue weighted by atomic mass is 32.2. The summed E-state index contributed by atoms with van der Waals surface area (Å²) in [5, 5.41) is 6.28. The minimum atomic E-state index is -3.49. The van der Waals surface area contributed by atoms with E-state index in [1.807, 2.05) is 18.2 Å². The molecule has 1 saturated heterocycles. The topological polar surface area (TPSA) is 96.3 Å². The highest BCUT2D eigenvalue weighted by Gasteiger charge is 2.29. The number of primary sulfonamides is 1. The number of nitrogens with two attached hydrogens (primary N) is 1. The Morgan fingerprint density at radius 2 is 2.08 bits per heavy atom. The normalized spacial score (nSPS) is 20.8. The van der Waals surface area contributed by atoms with E-state index in [1.54, 1.807) is 4.90 Å². The van der Waals surface area contributed by atoms with Gasteiger partial charge in [-0.1, -0.05) is 0 Å². The van der Waals surface area contributed by atoms with E-state index < -0.39 is 10.0 Å². The number of likely N-dealkylation sites (tertiary alicyclic amines) is 1. The van der Waals surface area contributed by atoms with Crippen molar-refractivity contribution in [2.75, 3.05) is 18.8 Å². The second-order valence-corrected chi connectivity index (χ2v) is 8.94. The monoisotopic (exact) mass is 361 g/mol. The van der Waals surface area contributed by atoms with Gasteiger partial charge >= 0.3 is 0 Å². The molecule has 1 aromatic carbocycles. The van der Waals surface area contributed by atoms with Gasteiger partial charge in [-0.05, 0) is 61.8 Å². The number of rotatable bonds is 3. The summed E-state index contributed by atoms with van der Waals surface area (Å²) in [5.41, 5.74) is 4.43. The van der Waals surface area contributed by atoms with E-state index in [9.17, 15) is 13.2 Å². The lowest BCUT2D eigenvalue weighted by atomic mass is 9.95. The number of amides is 1. The van der Waals surface area contributed by atoms with Gasteiger partial charge in [-0.2, -0.15) is 0 Å². The standard InChI is InChI=1S/C18H23N3O3S/c19-25(23,24)11-12-7-8-21(10-12)18(22)13-5-6-17-15(9-13)14-3-1-2-4-16(14)20-17/h5-6,9,12,20H,1-4,7-8,10-11H2,(H2,19,23,24)/t12-/m0/s1. The van der Waals surface area contributed by atoms with E-state index in [0.29, 0.717) is 25.1 Å². The zero-order chi connectivity index (χ0) is 17.6. The van der Waals surface area contributed by atoms with E-state index in [1.165, 1.54) is 24.1 Å². The van der Waals surface area contributed by atoms with E-state index in [-0.39, 0.29) is 17.6 Å². The number of benzene rings is 1. The number of carbonyl (C=O) groups is 1. The molecule has 25 heavy (non-hydrogen) atoms. The number of carbonyl (C=O) groups excluding carboxylic acids is 1. The summed E-state index contributed by atoms with van der Waals surface area (Å²) in [5.74, 6) is -0.145. The molecule has 0 bridgehead atoms. The van der Waals surface area contributed by atoms with Gasteiger partial charge in [0, 0.05) is 35.2 Å². The van der Waals surface area contributed by atoms with Crippen molar-refractivity contribution >= 4 is 26.8 Å². The minimum absolute atomic E-state index is 0.0235. The molecule has 0 spiro atoms. The molecule has 1 aliphatic carbocycles. The Bertz CT molecular complexity index is 932. The van der Waals surface area contributed by atoms with Gasteiger partial charge in [-0.3, -0.25) is 4.79 Å². The number of hydrogen-bond donors (Lipinski definition) is 2. The molecule has 2 heterocycles. The van der Waals surface area contributed by atoms with E-state index in [4.69, 9.17) is 5.14 Å². The van der Waals surface area contributed by atoms with Crippen LogP contribution in [0.4, 0.5) is 0 Å². The highest BCUT2D eigenvalue weighted by Crippen LogP contribution is 2.30. The first-order valence-corrected chi connectivity index (χ1v) is 10.6. The van der Waals surface area contributed by atoms with Crippen LogP contribution in [0.5, 0.6) is 0 Å². The number of sulfonamides is 1. The summed E-state index contributed by atoms with van der Waals surface area (Å²) in [4.78, 5) is 18.1. The van der Waals surface area contributed by atoms with E-state index >= 15 is 0 Å². The number of aromatic nitrogens is 1. The van der Waals surface area contributed by atoms with Crippen LogP contribution >= 0.6 is 0 Å². The Labute approximate surface area is 147 Å². The predicted molar refractivity (Wildman–Crippen MR) is 96.9 cm³/mol.